The van der Waals surface area contributed by atoms with Crippen molar-refractivity contribution in [3.63, 3.8) is 0 Å². The molecule has 0 aliphatic carbocycles. The minimum absolute atomic E-state index is 0.748. The monoisotopic (exact) mass is 358 g/mol. The second kappa shape index (κ2) is 7.10. The van der Waals surface area contributed by atoms with Crippen molar-refractivity contribution in [3.8, 4) is 11.8 Å². The molecule has 1 nitrogen and oxygen atoms in total. The quantitative estimate of drug-likeness (QED) is 0.325. The lowest BCUT2D eigenvalue weighted by Crippen LogP contribution is -1.89. The van der Waals surface area contributed by atoms with Crippen LogP contribution in [-0.2, 0) is 6.42 Å². The number of hydrogen-bond donors (Lipinski definition) is 0. The van der Waals surface area contributed by atoms with E-state index in [1.807, 2.05) is 24.3 Å². The van der Waals surface area contributed by atoms with Crippen LogP contribution in [0.4, 0.5) is 0 Å². The number of fused-ring (bicyclic) bond motifs is 2. The first-order valence-electron chi connectivity index (χ1n) is 9.42. The highest BCUT2D eigenvalue weighted by molar-refractivity contribution is 5.88. The van der Waals surface area contributed by atoms with Crippen LogP contribution in [0.5, 0.6) is 0 Å². The molecule has 5 rings (SSSR count). The predicted octanol–water partition coefficient (Wildman–Crippen LogP) is 6.58. The zero-order valence-corrected chi connectivity index (χ0v) is 15.4. The van der Waals surface area contributed by atoms with E-state index in [0.29, 0.717) is 0 Å². The fourth-order valence-corrected chi connectivity index (χ4v) is 3.63. The molecule has 132 valence electrons. The van der Waals surface area contributed by atoms with Crippen LogP contribution in [0.2, 0.25) is 0 Å². The van der Waals surface area contributed by atoms with E-state index in [1.54, 1.807) is 0 Å². The van der Waals surface area contributed by atoms with Gasteiger partial charge in [-0.15, -0.1) is 0 Å². The molecular weight excluding hydrogens is 340 g/mol. The molecule has 28 heavy (non-hydrogen) atoms. The largest absolute Gasteiger partial charge is 0.447 e. The summed E-state index contributed by atoms with van der Waals surface area (Å²) in [5, 5.41) is 3.50. The Morgan fingerprint density at radius 1 is 0.607 bits per heavy atom. The first-order valence-corrected chi connectivity index (χ1v) is 9.42. The van der Waals surface area contributed by atoms with Gasteiger partial charge in [0.05, 0.1) is 0 Å². The van der Waals surface area contributed by atoms with Gasteiger partial charge in [0.2, 0.25) is 0 Å². The van der Waals surface area contributed by atoms with E-state index in [0.717, 1.165) is 34.3 Å². The average molecular weight is 358 g/mol. The van der Waals surface area contributed by atoms with E-state index < -0.39 is 0 Å². The molecule has 0 unspecified atom stereocenters. The Morgan fingerprint density at radius 3 is 2.21 bits per heavy atom. The number of hydrogen-bond acceptors (Lipinski definition) is 1. The van der Waals surface area contributed by atoms with Crippen LogP contribution < -0.4 is 0 Å². The fraction of sp³-hybridized carbons (Fsp3) is 0.0370. The van der Waals surface area contributed by atoms with E-state index in [-0.39, 0.29) is 0 Å². The van der Waals surface area contributed by atoms with Crippen molar-refractivity contribution in [2.24, 2.45) is 0 Å². The van der Waals surface area contributed by atoms with Gasteiger partial charge in [-0.3, -0.25) is 0 Å². The first kappa shape index (κ1) is 16.4. The normalized spacial score (nSPS) is 10.7. The van der Waals surface area contributed by atoms with Crippen molar-refractivity contribution >= 4 is 21.7 Å². The molecule has 0 N–H and O–H groups in total. The molecule has 1 aromatic heterocycles. The summed E-state index contributed by atoms with van der Waals surface area (Å²) in [6.45, 7) is 0. The lowest BCUT2D eigenvalue weighted by atomic mass is 10.0. The first-order chi connectivity index (χ1) is 13.9. The van der Waals surface area contributed by atoms with Crippen LogP contribution in [0.1, 0.15) is 22.5 Å². The molecule has 0 atom stereocenters. The molecule has 4 aromatic carbocycles. The van der Waals surface area contributed by atoms with Crippen LogP contribution in [-0.4, -0.2) is 0 Å². The number of furan rings is 1. The highest BCUT2D eigenvalue weighted by Gasteiger charge is 2.13. The van der Waals surface area contributed by atoms with Crippen LogP contribution in [0.3, 0.4) is 0 Å². The number of para-hydroxylation sites is 1. The van der Waals surface area contributed by atoms with Gasteiger partial charge in [0.25, 0.3) is 0 Å². The van der Waals surface area contributed by atoms with Gasteiger partial charge in [-0.1, -0.05) is 90.8 Å². The van der Waals surface area contributed by atoms with Gasteiger partial charge in [0.1, 0.15) is 5.58 Å². The summed E-state index contributed by atoms with van der Waals surface area (Å²) in [7, 11) is 0. The maximum Gasteiger partial charge on any atom is 0.182 e. The predicted molar refractivity (Wildman–Crippen MR) is 115 cm³/mol. The minimum atomic E-state index is 0.748. The SMILES string of the molecule is C(#Cc1cccc2ccccc12)c1oc2ccccc2c1Cc1ccccc1. The zero-order chi connectivity index (χ0) is 18.8. The second-order valence-electron chi connectivity index (χ2n) is 6.84. The van der Waals surface area contributed by atoms with Crippen LogP contribution in [0.15, 0.2) is 101 Å². The molecule has 1 heteroatoms. The van der Waals surface area contributed by atoms with Crippen LogP contribution in [0.25, 0.3) is 21.7 Å². The minimum Gasteiger partial charge on any atom is -0.447 e. The van der Waals surface area contributed by atoms with Gasteiger partial charge < -0.3 is 4.42 Å². The average Bonchev–Trinajstić information content (AvgIpc) is 3.10. The standard InChI is InChI=1S/C27H18O/c1-2-9-20(10-3-1)19-25-24-15-6-7-16-26(24)28-27(25)18-17-22-13-8-12-21-11-4-5-14-23(21)22/h1-16H,19H2. The van der Waals surface area contributed by atoms with Gasteiger partial charge in [0, 0.05) is 22.9 Å². The molecule has 0 saturated heterocycles. The summed E-state index contributed by atoms with van der Waals surface area (Å²) >= 11 is 0. The number of rotatable bonds is 2. The zero-order valence-electron chi connectivity index (χ0n) is 15.4. The highest BCUT2D eigenvalue weighted by atomic mass is 16.3. The molecule has 0 aliphatic rings. The van der Waals surface area contributed by atoms with Crippen molar-refractivity contribution in [3.05, 3.63) is 120 Å². The molecule has 0 bridgehead atoms. The summed E-state index contributed by atoms with van der Waals surface area (Å²) in [6, 6.07) is 33.2. The Labute approximate surface area is 164 Å². The van der Waals surface area contributed by atoms with Gasteiger partial charge in [-0.2, -0.15) is 0 Å². The van der Waals surface area contributed by atoms with E-state index in [9.17, 15) is 0 Å². The van der Waals surface area contributed by atoms with Gasteiger partial charge in [0.15, 0.2) is 5.76 Å². The number of benzene rings is 4. The van der Waals surface area contributed by atoms with Crippen LogP contribution in [0, 0.1) is 11.8 Å². The van der Waals surface area contributed by atoms with Gasteiger partial charge >= 0.3 is 0 Å². The van der Waals surface area contributed by atoms with Crippen molar-refractivity contribution < 1.29 is 4.42 Å². The molecule has 5 aromatic rings. The van der Waals surface area contributed by atoms with E-state index >= 15 is 0 Å². The maximum absolute atomic E-state index is 6.13. The third kappa shape index (κ3) is 3.06. The maximum atomic E-state index is 6.13. The van der Waals surface area contributed by atoms with Crippen molar-refractivity contribution in [1.82, 2.24) is 0 Å². The van der Waals surface area contributed by atoms with E-state index in [2.05, 4.69) is 84.6 Å². The Balaban J connectivity index is 1.64. The summed E-state index contributed by atoms with van der Waals surface area (Å²) in [5.41, 5.74) is 4.30. The molecule has 0 saturated carbocycles. The molecule has 0 radical (unpaired) electrons. The lowest BCUT2D eigenvalue weighted by molar-refractivity contribution is 0.597. The van der Waals surface area contributed by atoms with Crippen molar-refractivity contribution in [2.75, 3.05) is 0 Å². The summed E-state index contributed by atoms with van der Waals surface area (Å²) in [4.78, 5) is 0. The second-order valence-corrected chi connectivity index (χ2v) is 6.84. The summed E-state index contributed by atoms with van der Waals surface area (Å²) in [5.74, 6) is 7.41. The third-order valence-corrected chi connectivity index (χ3v) is 5.02. The fourth-order valence-electron chi connectivity index (χ4n) is 3.63. The Kier molecular flexibility index (Phi) is 4.16. The molecule has 1 heterocycles. The Bertz CT molecular complexity index is 1330. The summed E-state index contributed by atoms with van der Waals surface area (Å²) in [6.07, 6.45) is 0.803. The molecule has 0 aliphatic heterocycles. The molecule has 0 amide bonds. The summed E-state index contributed by atoms with van der Waals surface area (Å²) < 4.78 is 6.13. The lowest BCUT2D eigenvalue weighted by Gasteiger charge is -2.01. The smallest absolute Gasteiger partial charge is 0.182 e. The van der Waals surface area contributed by atoms with Crippen molar-refractivity contribution in [2.45, 2.75) is 6.42 Å². The van der Waals surface area contributed by atoms with E-state index in [4.69, 9.17) is 4.42 Å². The molecule has 0 spiro atoms. The van der Waals surface area contributed by atoms with Crippen LogP contribution >= 0.6 is 0 Å². The van der Waals surface area contributed by atoms with Gasteiger partial charge in [-0.25, -0.2) is 0 Å². The Morgan fingerprint density at radius 2 is 1.32 bits per heavy atom. The highest BCUT2D eigenvalue weighted by Crippen LogP contribution is 2.28. The van der Waals surface area contributed by atoms with E-state index in [1.165, 1.54) is 16.3 Å². The molecular formula is C27H18O. The van der Waals surface area contributed by atoms with Crippen molar-refractivity contribution in [1.29, 1.82) is 0 Å². The Hall–Kier alpha value is -3.76. The van der Waals surface area contributed by atoms with Gasteiger partial charge in [-0.05, 0) is 34.4 Å². The topological polar surface area (TPSA) is 13.1 Å². The third-order valence-electron chi connectivity index (χ3n) is 5.02. The molecule has 0 fully saturated rings.